The van der Waals surface area contributed by atoms with Crippen LogP contribution in [0.25, 0.3) is 0 Å². The van der Waals surface area contributed by atoms with Crippen LogP contribution in [-0.4, -0.2) is 41.9 Å². The van der Waals surface area contributed by atoms with Gasteiger partial charge in [-0.15, -0.1) is 0 Å². The van der Waals surface area contributed by atoms with Gasteiger partial charge in [0.1, 0.15) is 18.8 Å². The fraction of sp³-hybridized carbons (Fsp3) is 0.333. The number of nitriles is 1. The lowest BCUT2D eigenvalue weighted by molar-refractivity contribution is -0.0780. The van der Waals surface area contributed by atoms with E-state index in [2.05, 4.69) is 6.07 Å². The van der Waals surface area contributed by atoms with Crippen molar-refractivity contribution in [3.05, 3.63) is 71.8 Å². The molecule has 2 aliphatic heterocycles. The topological polar surface area (TPSA) is 71.8 Å². The molecule has 6 heteroatoms. The number of hydrogen-bond acceptors (Lipinski definition) is 5. The number of ether oxygens (including phenoxy) is 3. The van der Waals surface area contributed by atoms with E-state index in [1.165, 1.54) is 4.90 Å². The number of fused-ring (bicyclic) bond motifs is 1. The fourth-order valence-corrected chi connectivity index (χ4v) is 3.64. The average molecular weight is 364 g/mol. The van der Waals surface area contributed by atoms with Crippen LogP contribution in [0.3, 0.4) is 0 Å². The zero-order valence-corrected chi connectivity index (χ0v) is 14.7. The smallest absolute Gasteiger partial charge is 0.411 e. The first-order valence-corrected chi connectivity index (χ1v) is 8.93. The van der Waals surface area contributed by atoms with E-state index in [1.807, 2.05) is 60.7 Å². The van der Waals surface area contributed by atoms with E-state index in [9.17, 15) is 10.1 Å². The second kappa shape index (κ2) is 7.78. The van der Waals surface area contributed by atoms with Crippen molar-refractivity contribution in [3.63, 3.8) is 0 Å². The van der Waals surface area contributed by atoms with Gasteiger partial charge in [-0.05, 0) is 11.1 Å². The molecule has 0 aromatic heterocycles. The lowest BCUT2D eigenvalue weighted by Crippen LogP contribution is -2.39. The standard InChI is InChI=1S/C21H20N2O4/c22-11-17-19(25-12-15-7-3-1-4-8-15)20(18-14-27-21(24)23(17)18)26-13-16-9-5-2-6-10-16/h1-10,17-20H,12-14H2. The summed E-state index contributed by atoms with van der Waals surface area (Å²) < 4.78 is 17.4. The Kier molecular flexibility index (Phi) is 5.05. The van der Waals surface area contributed by atoms with Gasteiger partial charge in [-0.2, -0.15) is 5.26 Å². The molecule has 2 aliphatic rings. The van der Waals surface area contributed by atoms with Gasteiger partial charge in [0.25, 0.3) is 0 Å². The molecule has 138 valence electrons. The van der Waals surface area contributed by atoms with E-state index in [0.717, 1.165) is 11.1 Å². The molecule has 2 heterocycles. The van der Waals surface area contributed by atoms with Crippen molar-refractivity contribution in [2.45, 2.75) is 37.5 Å². The summed E-state index contributed by atoms with van der Waals surface area (Å²) in [6, 6.07) is 20.7. The number of amides is 1. The van der Waals surface area contributed by atoms with E-state index >= 15 is 0 Å². The molecule has 0 bridgehead atoms. The van der Waals surface area contributed by atoms with E-state index < -0.39 is 24.3 Å². The second-order valence-electron chi connectivity index (χ2n) is 6.65. The van der Waals surface area contributed by atoms with Crippen LogP contribution >= 0.6 is 0 Å². The normalized spacial score (nSPS) is 26.5. The van der Waals surface area contributed by atoms with Gasteiger partial charge in [0, 0.05) is 0 Å². The van der Waals surface area contributed by atoms with Crippen LogP contribution < -0.4 is 0 Å². The number of benzene rings is 2. The molecule has 2 fully saturated rings. The summed E-state index contributed by atoms with van der Waals surface area (Å²) >= 11 is 0. The van der Waals surface area contributed by atoms with Crippen molar-refractivity contribution < 1.29 is 19.0 Å². The number of rotatable bonds is 6. The highest BCUT2D eigenvalue weighted by molar-refractivity contribution is 5.72. The predicted octanol–water partition coefficient (Wildman–Crippen LogP) is 2.88. The van der Waals surface area contributed by atoms with E-state index in [-0.39, 0.29) is 12.6 Å². The molecule has 0 saturated carbocycles. The lowest BCUT2D eigenvalue weighted by Gasteiger charge is -2.24. The number of hydrogen-bond donors (Lipinski definition) is 0. The molecule has 2 saturated heterocycles. The van der Waals surface area contributed by atoms with Crippen molar-refractivity contribution in [2.75, 3.05) is 6.61 Å². The summed E-state index contributed by atoms with van der Waals surface area (Å²) in [7, 11) is 0. The van der Waals surface area contributed by atoms with E-state index in [4.69, 9.17) is 14.2 Å². The van der Waals surface area contributed by atoms with Crippen LogP contribution in [0.4, 0.5) is 4.79 Å². The van der Waals surface area contributed by atoms with Gasteiger partial charge in [0.2, 0.25) is 0 Å². The molecule has 4 atom stereocenters. The molecule has 0 aliphatic carbocycles. The molecule has 2 aromatic rings. The number of carbonyl (C=O) groups excluding carboxylic acids is 1. The molecule has 0 spiro atoms. The first kappa shape index (κ1) is 17.5. The Labute approximate surface area is 157 Å². The predicted molar refractivity (Wildman–Crippen MR) is 96.4 cm³/mol. The Bertz CT molecular complexity index is 821. The molecular formula is C21H20N2O4. The maximum atomic E-state index is 12.1. The van der Waals surface area contributed by atoms with Gasteiger partial charge in [0.05, 0.1) is 25.3 Å². The first-order valence-electron chi connectivity index (χ1n) is 8.93. The Morgan fingerprint density at radius 3 is 2.07 bits per heavy atom. The van der Waals surface area contributed by atoms with Gasteiger partial charge in [-0.25, -0.2) is 4.79 Å². The minimum Gasteiger partial charge on any atom is -0.447 e. The monoisotopic (exact) mass is 364 g/mol. The van der Waals surface area contributed by atoms with E-state index in [0.29, 0.717) is 13.2 Å². The van der Waals surface area contributed by atoms with Gasteiger partial charge in [-0.3, -0.25) is 4.90 Å². The molecule has 0 N–H and O–H groups in total. The van der Waals surface area contributed by atoms with Crippen LogP contribution in [-0.2, 0) is 27.4 Å². The summed E-state index contributed by atoms with van der Waals surface area (Å²) in [5.41, 5.74) is 2.03. The van der Waals surface area contributed by atoms with Crippen LogP contribution in [0.2, 0.25) is 0 Å². The zero-order chi connectivity index (χ0) is 18.6. The molecule has 1 amide bonds. The number of nitrogens with zero attached hydrogens (tertiary/aromatic N) is 2. The van der Waals surface area contributed by atoms with Crippen LogP contribution in [0.1, 0.15) is 11.1 Å². The van der Waals surface area contributed by atoms with Gasteiger partial charge in [0.15, 0.2) is 6.04 Å². The Morgan fingerprint density at radius 2 is 1.52 bits per heavy atom. The third-order valence-electron chi connectivity index (χ3n) is 4.96. The van der Waals surface area contributed by atoms with Crippen LogP contribution in [0, 0.1) is 11.3 Å². The number of carbonyl (C=O) groups is 1. The zero-order valence-electron chi connectivity index (χ0n) is 14.7. The largest absolute Gasteiger partial charge is 0.447 e. The SMILES string of the molecule is N#CC1C(OCc2ccccc2)C(OCc2ccccc2)C2COC(=O)N12. The first-order chi connectivity index (χ1) is 13.3. The van der Waals surface area contributed by atoms with Crippen molar-refractivity contribution in [3.8, 4) is 6.07 Å². The van der Waals surface area contributed by atoms with Gasteiger partial charge >= 0.3 is 6.09 Å². The minimum absolute atomic E-state index is 0.210. The summed E-state index contributed by atoms with van der Waals surface area (Å²) in [6.45, 7) is 0.944. The Balaban J connectivity index is 1.52. The molecule has 4 rings (SSSR count). The van der Waals surface area contributed by atoms with Gasteiger partial charge in [-0.1, -0.05) is 60.7 Å². The highest BCUT2D eigenvalue weighted by Crippen LogP contribution is 2.35. The third kappa shape index (κ3) is 3.52. The van der Waals surface area contributed by atoms with Crippen LogP contribution in [0.15, 0.2) is 60.7 Å². The molecular weight excluding hydrogens is 344 g/mol. The quantitative estimate of drug-likeness (QED) is 0.788. The van der Waals surface area contributed by atoms with Crippen molar-refractivity contribution in [1.82, 2.24) is 4.90 Å². The maximum Gasteiger partial charge on any atom is 0.411 e. The van der Waals surface area contributed by atoms with Crippen molar-refractivity contribution >= 4 is 6.09 Å². The highest BCUT2D eigenvalue weighted by atomic mass is 16.6. The molecule has 4 unspecified atom stereocenters. The third-order valence-corrected chi connectivity index (χ3v) is 4.96. The average Bonchev–Trinajstić information content (AvgIpc) is 3.23. The van der Waals surface area contributed by atoms with Crippen molar-refractivity contribution in [1.29, 1.82) is 5.26 Å². The molecule has 0 radical (unpaired) electrons. The summed E-state index contributed by atoms with van der Waals surface area (Å²) in [4.78, 5) is 13.6. The molecule has 6 nitrogen and oxygen atoms in total. The van der Waals surface area contributed by atoms with Gasteiger partial charge < -0.3 is 14.2 Å². The maximum absolute atomic E-state index is 12.1. The van der Waals surface area contributed by atoms with Crippen molar-refractivity contribution in [2.24, 2.45) is 0 Å². The second-order valence-corrected chi connectivity index (χ2v) is 6.65. The molecule has 2 aromatic carbocycles. The minimum atomic E-state index is -0.727. The highest BCUT2D eigenvalue weighted by Gasteiger charge is 2.57. The van der Waals surface area contributed by atoms with Crippen LogP contribution in [0.5, 0.6) is 0 Å². The fourth-order valence-electron chi connectivity index (χ4n) is 3.64. The summed E-state index contributed by atoms with van der Waals surface area (Å²) in [5.74, 6) is 0. The molecule has 27 heavy (non-hydrogen) atoms. The van der Waals surface area contributed by atoms with E-state index in [1.54, 1.807) is 0 Å². The summed E-state index contributed by atoms with van der Waals surface area (Å²) in [5, 5.41) is 9.67. The summed E-state index contributed by atoms with van der Waals surface area (Å²) in [6.07, 6.45) is -1.44. The Morgan fingerprint density at radius 1 is 0.963 bits per heavy atom. The lowest BCUT2D eigenvalue weighted by atomic mass is 10.1. The number of cyclic esters (lactones) is 1. The Hall–Kier alpha value is -2.88.